The summed E-state index contributed by atoms with van der Waals surface area (Å²) in [4.78, 5) is 0.184. The molecule has 1 aliphatic carbocycles. The molecule has 1 N–H and O–H groups in total. The van der Waals surface area contributed by atoms with Gasteiger partial charge in [-0.15, -0.1) is 4.09 Å². The van der Waals surface area contributed by atoms with Gasteiger partial charge in [0.1, 0.15) is 11.6 Å². The van der Waals surface area contributed by atoms with Crippen molar-refractivity contribution in [3.8, 4) is 11.3 Å². The van der Waals surface area contributed by atoms with E-state index in [-0.39, 0.29) is 16.8 Å². The van der Waals surface area contributed by atoms with Crippen LogP contribution in [-0.4, -0.2) is 23.6 Å². The summed E-state index contributed by atoms with van der Waals surface area (Å²) in [5, 5.41) is 7.78. The van der Waals surface area contributed by atoms with Gasteiger partial charge in [-0.25, -0.2) is 4.39 Å². The Bertz CT molecular complexity index is 1080. The molecule has 0 bridgehead atoms. The van der Waals surface area contributed by atoms with Crippen molar-refractivity contribution in [2.24, 2.45) is 0 Å². The van der Waals surface area contributed by atoms with Crippen LogP contribution in [0.15, 0.2) is 59.5 Å². The first-order valence-corrected chi connectivity index (χ1v) is 11.3. The number of nitrogens with one attached hydrogen (secondary N) is 1. The third-order valence-electron chi connectivity index (χ3n) is 5.32. The fraction of sp³-hybridized carbons (Fsp3) is 0.318. The van der Waals surface area contributed by atoms with Crippen LogP contribution in [-0.2, 0) is 10.0 Å². The Hall–Kier alpha value is -2.67. The number of halogens is 1. The Morgan fingerprint density at radius 3 is 2.31 bits per heavy atom. The maximum atomic E-state index is 13.3. The summed E-state index contributed by atoms with van der Waals surface area (Å²) in [5.74, 6) is 0.0952. The molecule has 0 saturated heterocycles. The second-order valence-electron chi connectivity index (χ2n) is 7.56. The average molecular weight is 414 g/mol. The molecule has 1 aliphatic rings. The summed E-state index contributed by atoms with van der Waals surface area (Å²) in [6.45, 7) is 1.91. The van der Waals surface area contributed by atoms with Crippen molar-refractivity contribution >= 4 is 15.8 Å². The molecule has 7 heteroatoms. The molecule has 0 atom stereocenters. The number of hydrogen-bond acceptors (Lipinski definition) is 4. The van der Waals surface area contributed by atoms with E-state index >= 15 is 0 Å². The molecular weight excluding hydrogens is 389 g/mol. The summed E-state index contributed by atoms with van der Waals surface area (Å²) in [5.41, 5.74) is 2.13. The first-order valence-electron chi connectivity index (χ1n) is 9.88. The van der Waals surface area contributed by atoms with E-state index in [1.165, 1.54) is 18.6 Å². The lowest BCUT2D eigenvalue weighted by Crippen LogP contribution is -2.26. The summed E-state index contributed by atoms with van der Waals surface area (Å²) in [6.07, 6.45) is 5.46. The standard InChI is InChI=1S/C22H24FN3O2S/c1-16-7-13-20(14-8-16)29(27,28)26-22(24-19-5-3-2-4-6-19)15-21(25-26)17-9-11-18(23)12-10-17/h7-15,19,24H,2-6H2,1H3. The normalized spacial score (nSPS) is 15.4. The number of hydrogen-bond donors (Lipinski definition) is 1. The van der Waals surface area contributed by atoms with Crippen LogP contribution in [0.3, 0.4) is 0 Å². The van der Waals surface area contributed by atoms with E-state index in [2.05, 4.69) is 10.4 Å². The summed E-state index contributed by atoms with van der Waals surface area (Å²) < 4.78 is 41.0. The Kier molecular flexibility index (Phi) is 5.41. The van der Waals surface area contributed by atoms with Crippen LogP contribution in [0.2, 0.25) is 0 Å². The molecule has 2 aromatic carbocycles. The average Bonchev–Trinajstić information content (AvgIpc) is 3.14. The van der Waals surface area contributed by atoms with Gasteiger partial charge in [0.05, 0.1) is 10.6 Å². The van der Waals surface area contributed by atoms with Gasteiger partial charge in [0, 0.05) is 17.7 Å². The highest BCUT2D eigenvalue weighted by Gasteiger charge is 2.25. The zero-order valence-electron chi connectivity index (χ0n) is 16.3. The molecule has 0 spiro atoms. The van der Waals surface area contributed by atoms with Crippen LogP contribution in [0.25, 0.3) is 11.3 Å². The highest BCUT2D eigenvalue weighted by atomic mass is 32.2. The molecule has 4 rings (SSSR count). The van der Waals surface area contributed by atoms with Crippen molar-refractivity contribution in [3.63, 3.8) is 0 Å². The van der Waals surface area contributed by atoms with Gasteiger partial charge in [-0.2, -0.15) is 13.5 Å². The largest absolute Gasteiger partial charge is 0.367 e. The molecule has 1 saturated carbocycles. The van der Waals surface area contributed by atoms with Gasteiger partial charge in [0.15, 0.2) is 0 Å². The first-order chi connectivity index (χ1) is 13.9. The second kappa shape index (κ2) is 7.99. The lowest BCUT2D eigenvalue weighted by atomic mass is 9.95. The predicted octanol–water partition coefficient (Wildman–Crippen LogP) is 4.98. The van der Waals surface area contributed by atoms with Crippen molar-refractivity contribution in [3.05, 3.63) is 66.0 Å². The lowest BCUT2D eigenvalue weighted by molar-refractivity contribution is 0.461. The molecule has 1 aromatic heterocycles. The molecule has 0 amide bonds. The number of aromatic nitrogens is 2. The second-order valence-corrected chi connectivity index (χ2v) is 9.33. The van der Waals surface area contributed by atoms with E-state index in [0.717, 1.165) is 35.3 Å². The summed E-state index contributed by atoms with van der Waals surface area (Å²) in [7, 11) is -3.86. The molecule has 5 nitrogen and oxygen atoms in total. The minimum atomic E-state index is -3.86. The minimum Gasteiger partial charge on any atom is -0.367 e. The van der Waals surface area contributed by atoms with Crippen LogP contribution in [0.5, 0.6) is 0 Å². The van der Waals surface area contributed by atoms with Crippen molar-refractivity contribution in [2.45, 2.75) is 50.0 Å². The van der Waals surface area contributed by atoms with E-state index in [4.69, 9.17) is 0 Å². The fourth-order valence-electron chi connectivity index (χ4n) is 3.67. The smallest absolute Gasteiger partial charge is 0.284 e. The van der Waals surface area contributed by atoms with Crippen LogP contribution in [0.1, 0.15) is 37.7 Å². The van der Waals surface area contributed by atoms with Gasteiger partial charge in [-0.05, 0) is 56.2 Å². The van der Waals surface area contributed by atoms with Crippen LogP contribution in [0, 0.1) is 12.7 Å². The van der Waals surface area contributed by atoms with Gasteiger partial charge >= 0.3 is 0 Å². The quantitative estimate of drug-likeness (QED) is 0.641. The molecule has 3 aromatic rings. The number of benzene rings is 2. The number of rotatable bonds is 5. The van der Waals surface area contributed by atoms with E-state index in [1.807, 2.05) is 6.92 Å². The highest BCUT2D eigenvalue weighted by Crippen LogP contribution is 2.29. The van der Waals surface area contributed by atoms with Gasteiger partial charge < -0.3 is 5.32 Å². The summed E-state index contributed by atoms with van der Waals surface area (Å²) in [6, 6.07) is 14.6. The third-order valence-corrected chi connectivity index (χ3v) is 6.92. The maximum absolute atomic E-state index is 13.3. The van der Waals surface area contributed by atoms with E-state index in [1.54, 1.807) is 42.5 Å². The third kappa shape index (κ3) is 4.19. The van der Waals surface area contributed by atoms with Gasteiger partial charge in [-0.3, -0.25) is 0 Å². The molecule has 0 aliphatic heterocycles. The van der Waals surface area contributed by atoms with E-state index < -0.39 is 10.0 Å². The van der Waals surface area contributed by atoms with Gasteiger partial charge in [0.25, 0.3) is 10.0 Å². The van der Waals surface area contributed by atoms with Crippen LogP contribution >= 0.6 is 0 Å². The number of aryl methyl sites for hydroxylation is 1. The molecular formula is C22H24FN3O2S. The van der Waals surface area contributed by atoms with Crippen molar-refractivity contribution in [1.82, 2.24) is 9.19 Å². The van der Waals surface area contributed by atoms with Gasteiger partial charge in [-0.1, -0.05) is 37.0 Å². The molecule has 152 valence electrons. The topological polar surface area (TPSA) is 64.0 Å². The molecule has 29 heavy (non-hydrogen) atoms. The Labute approximate surface area is 170 Å². The fourth-order valence-corrected chi connectivity index (χ4v) is 4.91. The minimum absolute atomic E-state index is 0.184. The molecule has 1 fully saturated rings. The molecule has 0 radical (unpaired) electrons. The Morgan fingerprint density at radius 1 is 1.00 bits per heavy atom. The summed E-state index contributed by atoms with van der Waals surface area (Å²) >= 11 is 0. The molecule has 1 heterocycles. The maximum Gasteiger partial charge on any atom is 0.284 e. The van der Waals surface area contributed by atoms with E-state index in [0.29, 0.717) is 17.1 Å². The number of anilines is 1. The zero-order chi connectivity index (χ0) is 20.4. The van der Waals surface area contributed by atoms with E-state index in [9.17, 15) is 12.8 Å². The van der Waals surface area contributed by atoms with Crippen LogP contribution in [0.4, 0.5) is 10.2 Å². The van der Waals surface area contributed by atoms with Crippen molar-refractivity contribution in [2.75, 3.05) is 5.32 Å². The zero-order valence-corrected chi connectivity index (χ0v) is 17.1. The Morgan fingerprint density at radius 2 is 1.66 bits per heavy atom. The predicted molar refractivity (Wildman–Crippen MR) is 112 cm³/mol. The van der Waals surface area contributed by atoms with Gasteiger partial charge in [0.2, 0.25) is 0 Å². The number of nitrogens with zero attached hydrogens (tertiary/aromatic N) is 2. The highest BCUT2D eigenvalue weighted by molar-refractivity contribution is 7.90. The Balaban J connectivity index is 1.77. The first kappa shape index (κ1) is 19.6. The monoisotopic (exact) mass is 413 g/mol. The van der Waals surface area contributed by atoms with Crippen LogP contribution < -0.4 is 5.32 Å². The van der Waals surface area contributed by atoms with Crippen molar-refractivity contribution < 1.29 is 12.8 Å². The SMILES string of the molecule is Cc1ccc(S(=O)(=O)n2nc(-c3ccc(F)cc3)cc2NC2CCCCC2)cc1. The molecule has 0 unspecified atom stereocenters. The van der Waals surface area contributed by atoms with Crippen molar-refractivity contribution in [1.29, 1.82) is 0 Å². The lowest BCUT2D eigenvalue weighted by Gasteiger charge is -2.23.